The van der Waals surface area contributed by atoms with Gasteiger partial charge in [0.2, 0.25) is 0 Å². The van der Waals surface area contributed by atoms with Crippen molar-refractivity contribution in [3.63, 3.8) is 0 Å². The number of aliphatic hydroxyl groups is 2. The molecule has 0 aliphatic rings. The molecule has 0 aromatic heterocycles. The second-order valence-corrected chi connectivity index (χ2v) is 13.1. The molecule has 0 radical (unpaired) electrons. The molecule has 0 saturated carbocycles. The molecule has 0 spiro atoms. The van der Waals surface area contributed by atoms with Crippen LogP contribution in [0.5, 0.6) is 0 Å². The molecule has 0 bridgehead atoms. The second-order valence-electron chi connectivity index (χ2n) is 13.1. The molecule has 1 amide bonds. The van der Waals surface area contributed by atoms with E-state index in [1.807, 2.05) is 13.8 Å². The highest BCUT2D eigenvalue weighted by molar-refractivity contribution is 5.78. The van der Waals surface area contributed by atoms with E-state index in [9.17, 15) is 29.4 Å². The van der Waals surface area contributed by atoms with Gasteiger partial charge in [0.15, 0.2) is 0 Å². The number of carbonyl (C=O) groups excluding carboxylic acids is 4. The Morgan fingerprint density at radius 2 is 1.50 bits per heavy atom. The summed E-state index contributed by atoms with van der Waals surface area (Å²) < 4.78 is 20.7. The van der Waals surface area contributed by atoms with Gasteiger partial charge in [-0.15, -0.1) is 0 Å². The molecule has 0 aromatic rings. The zero-order valence-corrected chi connectivity index (χ0v) is 27.5. The fourth-order valence-electron chi connectivity index (χ4n) is 4.87. The van der Waals surface area contributed by atoms with Gasteiger partial charge < -0.3 is 29.2 Å². The Labute approximate surface area is 252 Å². The van der Waals surface area contributed by atoms with Crippen LogP contribution in [-0.2, 0) is 33.3 Å². The molecule has 0 aliphatic heterocycles. The summed E-state index contributed by atoms with van der Waals surface area (Å²) in [5.41, 5.74) is 0.789. The fourth-order valence-corrected chi connectivity index (χ4v) is 4.87. The fraction of sp³-hybridized carbons (Fsp3) is 0.867. The van der Waals surface area contributed by atoms with Crippen molar-refractivity contribution < 1.29 is 52.9 Å². The maximum Gasteiger partial charge on any atom is 0.451 e. The molecule has 42 heavy (non-hydrogen) atoms. The Balaban J connectivity index is 4.85. The first-order valence-electron chi connectivity index (χ1n) is 14.8. The molecule has 246 valence electrons. The third-order valence-corrected chi connectivity index (χ3v) is 7.12. The number of carbonyl (C=O) groups is 4. The van der Waals surface area contributed by atoms with E-state index >= 15 is 0 Å². The maximum absolute atomic E-state index is 12.8. The summed E-state index contributed by atoms with van der Waals surface area (Å²) in [6.07, 6.45) is 0.901. The van der Waals surface area contributed by atoms with Crippen molar-refractivity contribution in [2.45, 2.75) is 99.2 Å². The number of hydrogen-bond acceptors (Lipinski definition) is 10. The number of likely N-dealkylation sites (N-methyl/N-ethyl adjacent to an activating group) is 1. The van der Waals surface area contributed by atoms with Crippen LogP contribution in [0.2, 0.25) is 0 Å². The number of amides is 1. The number of quaternary nitrogens is 1. The first-order chi connectivity index (χ1) is 19.3. The van der Waals surface area contributed by atoms with Gasteiger partial charge in [-0.3, -0.25) is 14.4 Å². The summed E-state index contributed by atoms with van der Waals surface area (Å²) >= 11 is 0. The average Bonchev–Trinajstić information content (AvgIpc) is 2.87. The van der Waals surface area contributed by atoms with E-state index in [-0.39, 0.29) is 42.7 Å². The van der Waals surface area contributed by atoms with E-state index in [2.05, 4.69) is 5.43 Å². The molecular formula is C30H57N2O10+. The van der Waals surface area contributed by atoms with Crippen molar-refractivity contribution in [3.05, 3.63) is 0 Å². The van der Waals surface area contributed by atoms with Crippen LogP contribution < -0.4 is 5.43 Å². The number of methoxy groups -OCH3 is 1. The summed E-state index contributed by atoms with van der Waals surface area (Å²) in [6.45, 7) is 12.5. The van der Waals surface area contributed by atoms with Crippen LogP contribution in [0.4, 0.5) is 4.79 Å². The van der Waals surface area contributed by atoms with Gasteiger partial charge in [-0.05, 0) is 65.7 Å². The third kappa shape index (κ3) is 15.7. The molecule has 3 N–H and O–H groups in total. The Kier molecular flexibility index (Phi) is 17.2. The highest BCUT2D eigenvalue weighted by atomic mass is 16.6. The first-order valence-corrected chi connectivity index (χ1v) is 14.8. The van der Waals surface area contributed by atoms with Crippen molar-refractivity contribution in [1.29, 1.82) is 0 Å². The predicted octanol–water partition coefficient (Wildman–Crippen LogP) is 3.37. The van der Waals surface area contributed by atoms with Crippen LogP contribution >= 0.6 is 0 Å². The van der Waals surface area contributed by atoms with Gasteiger partial charge >= 0.3 is 24.0 Å². The minimum absolute atomic E-state index is 0.0163. The van der Waals surface area contributed by atoms with Crippen LogP contribution in [0.15, 0.2) is 0 Å². The van der Waals surface area contributed by atoms with E-state index in [0.717, 1.165) is 12.8 Å². The molecule has 0 rings (SSSR count). The number of nitrogens with one attached hydrogen (secondary N) is 1. The van der Waals surface area contributed by atoms with Crippen LogP contribution in [0, 0.1) is 22.7 Å². The van der Waals surface area contributed by atoms with E-state index in [1.54, 1.807) is 48.7 Å². The Morgan fingerprint density at radius 1 is 0.905 bits per heavy atom. The third-order valence-electron chi connectivity index (χ3n) is 7.12. The Hall–Kier alpha value is -2.44. The number of hydrogen-bond donors (Lipinski definition) is 3. The van der Waals surface area contributed by atoms with Crippen molar-refractivity contribution in [1.82, 2.24) is 5.43 Å². The van der Waals surface area contributed by atoms with Gasteiger partial charge in [-0.2, -0.15) is 5.43 Å². The predicted molar refractivity (Wildman–Crippen MR) is 157 cm³/mol. The van der Waals surface area contributed by atoms with Gasteiger partial charge in [0.1, 0.15) is 32.0 Å². The largest absolute Gasteiger partial charge is 0.469 e. The van der Waals surface area contributed by atoms with E-state index in [4.69, 9.17) is 18.9 Å². The van der Waals surface area contributed by atoms with Crippen molar-refractivity contribution in [2.75, 3.05) is 47.6 Å². The Bertz CT molecular complexity index is 861. The molecule has 0 heterocycles. The maximum atomic E-state index is 12.8. The number of esters is 3. The zero-order valence-electron chi connectivity index (χ0n) is 27.5. The van der Waals surface area contributed by atoms with Crippen LogP contribution in [-0.4, -0.2) is 98.6 Å². The Morgan fingerprint density at radius 3 is 2.05 bits per heavy atom. The van der Waals surface area contributed by atoms with Crippen LogP contribution in [0.25, 0.3) is 0 Å². The minimum atomic E-state index is -1.21. The quantitative estimate of drug-likeness (QED) is 0.0618. The summed E-state index contributed by atoms with van der Waals surface area (Å²) in [6, 6.07) is 0. The molecule has 5 unspecified atom stereocenters. The standard InChI is InChI=1S/C30H56N2O10/c1-11-12-15-40-25(35)22(3)17-30(7,27(37)39-10)16-21(2)13-14-29(5,6)26(36)41-19-24(34)20-42-28(38)31-32(8,9)18-23(4)33/h21-24,33-34H,11-20H2,1-10H3/p+1. The minimum Gasteiger partial charge on any atom is -0.469 e. The lowest BCUT2D eigenvalue weighted by Crippen LogP contribution is -2.57. The monoisotopic (exact) mass is 605 g/mol. The zero-order chi connectivity index (χ0) is 32.7. The summed E-state index contributed by atoms with van der Waals surface area (Å²) in [5, 5.41) is 19.7. The number of ether oxygens (including phenoxy) is 4. The number of nitrogens with zero attached hydrogens (tertiary/aromatic N) is 1. The van der Waals surface area contributed by atoms with E-state index in [0.29, 0.717) is 25.9 Å². The molecule has 0 fully saturated rings. The van der Waals surface area contributed by atoms with Crippen molar-refractivity contribution in [3.8, 4) is 0 Å². The SMILES string of the molecule is CCCCOC(=O)C(C)CC(C)(CC(C)CCC(C)(C)C(=O)OCC(O)COC(=O)N[N+](C)(C)CC(C)O)C(=O)OC. The van der Waals surface area contributed by atoms with Gasteiger partial charge in [-0.25, -0.2) is 9.39 Å². The lowest BCUT2D eigenvalue weighted by molar-refractivity contribution is -0.928. The second kappa shape index (κ2) is 18.3. The summed E-state index contributed by atoms with van der Waals surface area (Å²) in [5.74, 6) is -1.68. The lowest BCUT2D eigenvalue weighted by Gasteiger charge is -2.32. The van der Waals surface area contributed by atoms with Crippen molar-refractivity contribution in [2.24, 2.45) is 22.7 Å². The first kappa shape index (κ1) is 39.6. The van der Waals surface area contributed by atoms with E-state index < -0.39 is 47.0 Å². The molecular weight excluding hydrogens is 548 g/mol. The molecule has 12 nitrogen and oxygen atoms in total. The molecule has 0 aliphatic carbocycles. The molecule has 5 atom stereocenters. The highest BCUT2D eigenvalue weighted by Crippen LogP contribution is 2.38. The van der Waals surface area contributed by atoms with Crippen LogP contribution in [0.1, 0.15) is 87.0 Å². The normalized spacial score (nSPS) is 16.3. The summed E-state index contributed by atoms with van der Waals surface area (Å²) in [4.78, 5) is 49.9. The average molecular weight is 606 g/mol. The van der Waals surface area contributed by atoms with E-state index in [1.165, 1.54) is 7.11 Å². The topological polar surface area (TPSA) is 158 Å². The molecule has 0 saturated heterocycles. The van der Waals surface area contributed by atoms with Gasteiger partial charge in [-0.1, -0.05) is 27.2 Å². The van der Waals surface area contributed by atoms with Crippen molar-refractivity contribution >= 4 is 24.0 Å². The number of aliphatic hydroxyl groups excluding tert-OH is 2. The number of rotatable bonds is 20. The van der Waals surface area contributed by atoms with Gasteiger partial charge in [0, 0.05) is 0 Å². The molecule has 12 heteroatoms. The lowest BCUT2D eigenvalue weighted by atomic mass is 9.73. The van der Waals surface area contributed by atoms with Crippen LogP contribution in [0.3, 0.4) is 0 Å². The smallest absolute Gasteiger partial charge is 0.451 e. The summed E-state index contributed by atoms with van der Waals surface area (Å²) in [7, 11) is 4.69. The highest BCUT2D eigenvalue weighted by Gasteiger charge is 2.40. The van der Waals surface area contributed by atoms with Gasteiger partial charge in [0.05, 0.1) is 44.6 Å². The molecule has 0 aromatic carbocycles. The number of unbranched alkanes of at least 4 members (excludes halogenated alkanes) is 1. The van der Waals surface area contributed by atoms with Gasteiger partial charge in [0.25, 0.3) is 0 Å².